The van der Waals surface area contributed by atoms with Crippen LogP contribution in [0, 0.1) is 12.3 Å². The Morgan fingerprint density at radius 2 is 2.05 bits per heavy atom. The van der Waals surface area contributed by atoms with E-state index in [1.807, 2.05) is 32.6 Å². The van der Waals surface area contributed by atoms with E-state index in [1.165, 1.54) is 6.92 Å². The van der Waals surface area contributed by atoms with Gasteiger partial charge in [0.25, 0.3) is 0 Å². The summed E-state index contributed by atoms with van der Waals surface area (Å²) in [4.78, 5) is 21.5. The number of aromatic nitrogens is 2. The second kappa shape index (κ2) is 6.60. The molecular formula is C14H26N6O. The summed E-state index contributed by atoms with van der Waals surface area (Å²) >= 11 is 0. The predicted octanol–water partition coefficient (Wildman–Crippen LogP) is 1.53. The van der Waals surface area contributed by atoms with Crippen LogP contribution in [0.4, 0.5) is 4.79 Å². The summed E-state index contributed by atoms with van der Waals surface area (Å²) in [6.07, 6.45) is 0.831. The molecule has 0 bridgehead atoms. The molecule has 2 heterocycles. The minimum atomic E-state index is -0.193. The average Bonchev–Trinajstić information content (AvgIpc) is 2.64. The zero-order valence-electron chi connectivity index (χ0n) is 13.5. The molecule has 0 atom stereocenters. The van der Waals surface area contributed by atoms with Crippen LogP contribution >= 0.6 is 0 Å². The van der Waals surface area contributed by atoms with Gasteiger partial charge in [-0.25, -0.2) is 9.78 Å². The van der Waals surface area contributed by atoms with Gasteiger partial charge in [-0.05, 0) is 34.6 Å². The van der Waals surface area contributed by atoms with E-state index in [0.29, 0.717) is 6.54 Å². The lowest BCUT2D eigenvalue weighted by atomic mass is 10.1. The van der Waals surface area contributed by atoms with Crippen LogP contribution in [0.2, 0.25) is 0 Å². The van der Waals surface area contributed by atoms with E-state index in [4.69, 9.17) is 11.1 Å². The highest BCUT2D eigenvalue weighted by molar-refractivity contribution is 5.75. The average molecular weight is 294 g/mol. The molecule has 0 saturated heterocycles. The largest absolute Gasteiger partial charge is 0.388 e. The predicted molar refractivity (Wildman–Crippen MR) is 83.3 cm³/mol. The van der Waals surface area contributed by atoms with Crippen molar-refractivity contribution < 1.29 is 4.79 Å². The monoisotopic (exact) mass is 294 g/mol. The summed E-state index contributed by atoms with van der Waals surface area (Å²) < 4.78 is 0. The number of nitrogens with two attached hydrogens (primary N) is 1. The van der Waals surface area contributed by atoms with Gasteiger partial charge in [0.15, 0.2) is 0 Å². The Hall–Kier alpha value is -2.05. The lowest BCUT2D eigenvalue weighted by Gasteiger charge is -2.30. The molecule has 5 N–H and O–H groups in total. The number of amides is 2. The van der Waals surface area contributed by atoms with Crippen LogP contribution in [0.3, 0.4) is 0 Å². The third-order valence-corrected chi connectivity index (χ3v) is 2.72. The molecule has 7 heteroatoms. The molecule has 1 aliphatic heterocycles. The highest BCUT2D eigenvalue weighted by Gasteiger charge is 2.25. The Bertz CT molecular complexity index is 510. The number of nitrogens with one attached hydrogen (secondary N) is 3. The van der Waals surface area contributed by atoms with Crippen LogP contribution in [-0.4, -0.2) is 38.8 Å². The molecule has 0 spiro atoms. The van der Waals surface area contributed by atoms with Gasteiger partial charge < -0.3 is 20.9 Å². The third-order valence-electron chi connectivity index (χ3n) is 2.72. The normalized spacial score (nSPS) is 13.9. The standard InChI is InChI=1S/C12H20N4O.C2H6N2/c1-8-13-9-5-6-16(7-10(9)14-8)11(17)15-12(2,3)4;1-2(3)4/h5-7H2,1-4H3,(H,13,14)(H,15,17);1H3,(H3,3,4). The van der Waals surface area contributed by atoms with Crippen molar-refractivity contribution in [1.82, 2.24) is 20.2 Å². The van der Waals surface area contributed by atoms with E-state index >= 15 is 0 Å². The van der Waals surface area contributed by atoms with Crippen LogP contribution in [0.5, 0.6) is 0 Å². The number of hydrogen-bond donors (Lipinski definition) is 4. The fourth-order valence-corrected chi connectivity index (χ4v) is 2.01. The molecule has 0 fully saturated rings. The van der Waals surface area contributed by atoms with Crippen molar-refractivity contribution in [3.05, 3.63) is 17.2 Å². The number of rotatable bonds is 0. The van der Waals surface area contributed by atoms with Crippen molar-refractivity contribution in [2.24, 2.45) is 5.73 Å². The zero-order valence-corrected chi connectivity index (χ0v) is 13.5. The SMILES string of the molecule is CC(=N)N.Cc1nc2c([nH]1)CN(C(=O)NC(C)(C)C)CC2. The number of fused-ring (bicyclic) bond motifs is 1. The number of imidazole rings is 1. The minimum absolute atomic E-state index is 0.00426. The number of urea groups is 1. The Kier molecular flexibility index (Phi) is 5.34. The van der Waals surface area contributed by atoms with Crippen molar-refractivity contribution in [3.63, 3.8) is 0 Å². The molecule has 0 radical (unpaired) electrons. The molecule has 0 aromatic carbocycles. The molecule has 2 rings (SSSR count). The molecule has 7 nitrogen and oxygen atoms in total. The van der Waals surface area contributed by atoms with Crippen molar-refractivity contribution in [1.29, 1.82) is 5.41 Å². The van der Waals surface area contributed by atoms with E-state index < -0.39 is 0 Å². The molecule has 21 heavy (non-hydrogen) atoms. The Morgan fingerprint density at radius 1 is 1.48 bits per heavy atom. The molecule has 2 amide bonds. The molecule has 118 valence electrons. The smallest absolute Gasteiger partial charge is 0.318 e. The summed E-state index contributed by atoms with van der Waals surface area (Å²) in [5, 5.41) is 9.26. The van der Waals surface area contributed by atoms with Crippen LogP contribution in [0.25, 0.3) is 0 Å². The maximum Gasteiger partial charge on any atom is 0.318 e. The van der Waals surface area contributed by atoms with E-state index in [0.717, 1.165) is 30.2 Å². The summed E-state index contributed by atoms with van der Waals surface area (Å²) in [5.74, 6) is 1.09. The van der Waals surface area contributed by atoms with Gasteiger partial charge in [0.05, 0.1) is 23.8 Å². The first kappa shape index (κ1) is 17.0. The molecular weight excluding hydrogens is 268 g/mol. The number of aryl methyl sites for hydroxylation is 1. The second-order valence-electron chi connectivity index (χ2n) is 6.28. The van der Waals surface area contributed by atoms with Crippen molar-refractivity contribution in [2.45, 2.75) is 53.1 Å². The maximum absolute atomic E-state index is 12.0. The van der Waals surface area contributed by atoms with Gasteiger partial charge >= 0.3 is 6.03 Å². The van der Waals surface area contributed by atoms with Gasteiger partial charge in [-0.1, -0.05) is 0 Å². The number of aromatic amines is 1. The Balaban J connectivity index is 0.000000491. The van der Waals surface area contributed by atoms with E-state index in [-0.39, 0.29) is 17.4 Å². The van der Waals surface area contributed by atoms with Gasteiger partial charge in [0, 0.05) is 18.5 Å². The van der Waals surface area contributed by atoms with Crippen LogP contribution in [0.15, 0.2) is 0 Å². The fraction of sp³-hybridized carbons (Fsp3) is 0.643. The van der Waals surface area contributed by atoms with Gasteiger partial charge in [0.2, 0.25) is 0 Å². The van der Waals surface area contributed by atoms with Gasteiger partial charge in [-0.2, -0.15) is 0 Å². The number of hydrogen-bond acceptors (Lipinski definition) is 3. The van der Waals surface area contributed by atoms with Gasteiger partial charge in [-0.15, -0.1) is 0 Å². The Morgan fingerprint density at radius 3 is 2.57 bits per heavy atom. The summed E-state index contributed by atoms with van der Waals surface area (Å²) in [6.45, 7) is 10.8. The van der Waals surface area contributed by atoms with Gasteiger partial charge in [0.1, 0.15) is 5.82 Å². The van der Waals surface area contributed by atoms with E-state index in [9.17, 15) is 4.79 Å². The topological polar surface area (TPSA) is 111 Å². The highest BCUT2D eigenvalue weighted by atomic mass is 16.2. The quantitative estimate of drug-likeness (QED) is 0.430. The van der Waals surface area contributed by atoms with Crippen molar-refractivity contribution in [2.75, 3.05) is 6.54 Å². The zero-order chi connectivity index (χ0) is 16.2. The number of carbonyl (C=O) groups excluding carboxylic acids is 1. The molecule has 1 aliphatic rings. The minimum Gasteiger partial charge on any atom is -0.388 e. The summed E-state index contributed by atoms with van der Waals surface area (Å²) in [5.41, 5.74) is 6.67. The maximum atomic E-state index is 12.0. The van der Waals surface area contributed by atoms with Crippen molar-refractivity contribution >= 4 is 11.9 Å². The van der Waals surface area contributed by atoms with E-state index in [2.05, 4.69) is 15.3 Å². The second-order valence-corrected chi connectivity index (χ2v) is 6.28. The number of amidine groups is 1. The highest BCUT2D eigenvalue weighted by Crippen LogP contribution is 2.16. The van der Waals surface area contributed by atoms with Crippen molar-refractivity contribution in [3.8, 4) is 0 Å². The molecule has 0 unspecified atom stereocenters. The van der Waals surface area contributed by atoms with Gasteiger partial charge in [-0.3, -0.25) is 5.41 Å². The van der Waals surface area contributed by atoms with Crippen LogP contribution in [0.1, 0.15) is 44.9 Å². The summed E-state index contributed by atoms with van der Waals surface area (Å²) in [6, 6.07) is -0.00426. The number of nitrogens with zero attached hydrogens (tertiary/aromatic N) is 2. The first-order valence-electron chi connectivity index (χ1n) is 7.00. The molecule has 1 aromatic heterocycles. The molecule has 1 aromatic rings. The first-order valence-corrected chi connectivity index (χ1v) is 7.00. The Labute approximate surface area is 125 Å². The molecule has 0 aliphatic carbocycles. The fourth-order valence-electron chi connectivity index (χ4n) is 2.01. The first-order chi connectivity index (χ1) is 9.58. The third kappa shape index (κ3) is 5.85. The number of carbonyl (C=O) groups is 1. The van der Waals surface area contributed by atoms with Crippen LogP contribution in [-0.2, 0) is 13.0 Å². The number of H-pyrrole nitrogens is 1. The summed E-state index contributed by atoms with van der Waals surface area (Å²) in [7, 11) is 0. The lowest BCUT2D eigenvalue weighted by Crippen LogP contribution is -2.49. The van der Waals surface area contributed by atoms with Crippen LogP contribution < -0.4 is 11.1 Å². The molecule has 0 saturated carbocycles. The lowest BCUT2D eigenvalue weighted by molar-refractivity contribution is 0.182. The van der Waals surface area contributed by atoms with E-state index in [1.54, 1.807) is 0 Å².